The predicted molar refractivity (Wildman–Crippen MR) is 78.7 cm³/mol. The van der Waals surface area contributed by atoms with Gasteiger partial charge >= 0.3 is 0 Å². The van der Waals surface area contributed by atoms with E-state index in [-0.39, 0.29) is 12.1 Å². The lowest BCUT2D eigenvalue weighted by molar-refractivity contribution is 0.103. The molecule has 1 saturated heterocycles. The van der Waals surface area contributed by atoms with Gasteiger partial charge in [0.1, 0.15) is 0 Å². The molecule has 3 nitrogen and oxygen atoms in total. The summed E-state index contributed by atoms with van der Waals surface area (Å²) in [5, 5.41) is 9.95. The second-order valence-corrected chi connectivity index (χ2v) is 6.13. The first-order chi connectivity index (χ1) is 8.49. The van der Waals surface area contributed by atoms with Gasteiger partial charge in [-0.15, -0.1) is 0 Å². The fourth-order valence-corrected chi connectivity index (χ4v) is 3.09. The van der Waals surface area contributed by atoms with Gasteiger partial charge in [-0.05, 0) is 37.0 Å². The molecule has 0 saturated carbocycles. The summed E-state index contributed by atoms with van der Waals surface area (Å²) in [6.07, 6.45) is 0.805. The Morgan fingerprint density at radius 2 is 2.22 bits per heavy atom. The maximum atomic E-state index is 9.95. The SMILES string of the molecule is CC1CCN(c2ccc([C@H](C)N)c(Br)c2)CC1O. The smallest absolute Gasteiger partial charge is 0.0741 e. The molecule has 2 unspecified atom stereocenters. The Labute approximate surface area is 117 Å². The van der Waals surface area contributed by atoms with Gasteiger partial charge in [0.15, 0.2) is 0 Å². The summed E-state index contributed by atoms with van der Waals surface area (Å²) in [7, 11) is 0. The maximum absolute atomic E-state index is 9.95. The number of nitrogens with two attached hydrogens (primary N) is 1. The van der Waals surface area contributed by atoms with Gasteiger partial charge in [-0.25, -0.2) is 0 Å². The minimum absolute atomic E-state index is 0.0281. The number of benzene rings is 1. The van der Waals surface area contributed by atoms with E-state index in [0.29, 0.717) is 12.5 Å². The van der Waals surface area contributed by atoms with Crippen molar-refractivity contribution in [3.63, 3.8) is 0 Å². The zero-order valence-electron chi connectivity index (χ0n) is 10.9. The number of aliphatic hydroxyl groups is 1. The summed E-state index contributed by atoms with van der Waals surface area (Å²) in [5.41, 5.74) is 8.17. The van der Waals surface area contributed by atoms with Crippen LogP contribution >= 0.6 is 15.9 Å². The summed E-state index contributed by atoms with van der Waals surface area (Å²) in [6.45, 7) is 5.80. The van der Waals surface area contributed by atoms with Crippen LogP contribution < -0.4 is 10.6 Å². The van der Waals surface area contributed by atoms with Gasteiger partial charge < -0.3 is 15.7 Å². The average molecular weight is 313 g/mol. The fourth-order valence-electron chi connectivity index (χ4n) is 2.37. The van der Waals surface area contributed by atoms with Crippen LogP contribution in [0, 0.1) is 5.92 Å². The molecule has 3 N–H and O–H groups in total. The highest BCUT2D eigenvalue weighted by Crippen LogP contribution is 2.29. The molecule has 0 radical (unpaired) electrons. The van der Waals surface area contributed by atoms with Gasteiger partial charge in [0.25, 0.3) is 0 Å². The van der Waals surface area contributed by atoms with E-state index < -0.39 is 0 Å². The highest BCUT2D eigenvalue weighted by atomic mass is 79.9. The molecule has 1 aliphatic rings. The zero-order chi connectivity index (χ0) is 13.3. The normalized spacial score (nSPS) is 26.2. The van der Waals surface area contributed by atoms with Crippen LogP contribution in [0.25, 0.3) is 0 Å². The van der Waals surface area contributed by atoms with Crippen LogP contribution in [0.1, 0.15) is 31.9 Å². The van der Waals surface area contributed by atoms with Gasteiger partial charge in [0, 0.05) is 29.3 Å². The molecule has 1 fully saturated rings. The number of hydrogen-bond acceptors (Lipinski definition) is 3. The lowest BCUT2D eigenvalue weighted by Crippen LogP contribution is -2.42. The molecule has 3 atom stereocenters. The van der Waals surface area contributed by atoms with Crippen LogP contribution in [0.3, 0.4) is 0 Å². The Balaban J connectivity index is 2.17. The molecule has 18 heavy (non-hydrogen) atoms. The Kier molecular flexibility index (Phi) is 4.30. The molecule has 1 heterocycles. The first-order valence-electron chi connectivity index (χ1n) is 6.47. The van der Waals surface area contributed by atoms with Gasteiger partial charge in [0.05, 0.1) is 6.10 Å². The molecule has 0 bridgehead atoms. The van der Waals surface area contributed by atoms with Crippen molar-refractivity contribution in [2.24, 2.45) is 11.7 Å². The van der Waals surface area contributed by atoms with Crippen molar-refractivity contribution in [1.29, 1.82) is 0 Å². The molecule has 1 aromatic carbocycles. The predicted octanol–water partition coefficient (Wildman–Crippen LogP) is 2.68. The largest absolute Gasteiger partial charge is 0.391 e. The summed E-state index contributed by atoms with van der Waals surface area (Å²) in [4.78, 5) is 2.24. The molecule has 100 valence electrons. The molecule has 4 heteroatoms. The molecule has 0 spiro atoms. The summed E-state index contributed by atoms with van der Waals surface area (Å²) < 4.78 is 1.04. The van der Waals surface area contributed by atoms with E-state index in [9.17, 15) is 5.11 Å². The van der Waals surface area contributed by atoms with Crippen molar-refractivity contribution in [1.82, 2.24) is 0 Å². The molecule has 0 amide bonds. The molecule has 0 aromatic heterocycles. The Morgan fingerprint density at radius 1 is 1.50 bits per heavy atom. The highest BCUT2D eigenvalue weighted by molar-refractivity contribution is 9.10. The van der Waals surface area contributed by atoms with E-state index in [1.165, 1.54) is 0 Å². The number of piperidine rings is 1. The quantitative estimate of drug-likeness (QED) is 0.882. The van der Waals surface area contributed by atoms with Crippen LogP contribution in [0.2, 0.25) is 0 Å². The third-order valence-electron chi connectivity index (χ3n) is 3.76. The third kappa shape index (κ3) is 2.87. The van der Waals surface area contributed by atoms with E-state index in [0.717, 1.165) is 28.7 Å². The van der Waals surface area contributed by atoms with Crippen molar-refractivity contribution >= 4 is 21.6 Å². The van der Waals surface area contributed by atoms with E-state index >= 15 is 0 Å². The first kappa shape index (κ1) is 13.8. The molecular formula is C14H21BrN2O. The van der Waals surface area contributed by atoms with Gasteiger partial charge in [0.2, 0.25) is 0 Å². The third-order valence-corrected chi connectivity index (χ3v) is 4.45. The minimum atomic E-state index is -0.231. The van der Waals surface area contributed by atoms with Crippen molar-refractivity contribution in [3.8, 4) is 0 Å². The van der Waals surface area contributed by atoms with Gasteiger partial charge in [-0.2, -0.15) is 0 Å². The fraction of sp³-hybridized carbons (Fsp3) is 0.571. The summed E-state index contributed by atoms with van der Waals surface area (Å²) in [5.74, 6) is 0.396. The van der Waals surface area contributed by atoms with Gasteiger partial charge in [-0.1, -0.05) is 28.9 Å². The van der Waals surface area contributed by atoms with Crippen molar-refractivity contribution in [2.75, 3.05) is 18.0 Å². The van der Waals surface area contributed by atoms with Crippen molar-refractivity contribution in [2.45, 2.75) is 32.4 Å². The van der Waals surface area contributed by atoms with Crippen molar-refractivity contribution < 1.29 is 5.11 Å². The number of halogens is 1. The van der Waals surface area contributed by atoms with E-state index in [4.69, 9.17) is 5.73 Å². The second-order valence-electron chi connectivity index (χ2n) is 5.27. The Bertz CT molecular complexity index is 422. The number of anilines is 1. The lowest BCUT2D eigenvalue weighted by Gasteiger charge is -2.36. The standard InChI is InChI=1S/C14H21BrN2O/c1-9-5-6-17(8-14(9)18)11-3-4-12(10(2)16)13(15)7-11/h3-4,7,9-10,14,18H,5-6,8,16H2,1-2H3/t9?,10-,14?/m0/s1. The minimum Gasteiger partial charge on any atom is -0.391 e. The number of hydrogen-bond donors (Lipinski definition) is 2. The van der Waals surface area contributed by atoms with Crippen LogP contribution in [-0.2, 0) is 0 Å². The molecular weight excluding hydrogens is 292 g/mol. The number of nitrogens with zero attached hydrogens (tertiary/aromatic N) is 1. The summed E-state index contributed by atoms with van der Waals surface area (Å²) >= 11 is 3.57. The molecule has 0 aliphatic carbocycles. The Hall–Kier alpha value is -0.580. The van der Waals surface area contributed by atoms with Crippen LogP contribution in [0.5, 0.6) is 0 Å². The number of β-amino-alcohol motifs (C(OH)–C–C–N with tert-alkyl or cyclic N) is 1. The van der Waals surface area contributed by atoms with Crippen LogP contribution in [-0.4, -0.2) is 24.3 Å². The van der Waals surface area contributed by atoms with Gasteiger partial charge in [-0.3, -0.25) is 0 Å². The van der Waals surface area contributed by atoms with Crippen LogP contribution in [0.4, 0.5) is 5.69 Å². The summed E-state index contributed by atoms with van der Waals surface area (Å²) in [6, 6.07) is 6.28. The second kappa shape index (κ2) is 5.59. The van der Waals surface area contributed by atoms with E-state index in [1.54, 1.807) is 0 Å². The zero-order valence-corrected chi connectivity index (χ0v) is 12.5. The van der Waals surface area contributed by atoms with E-state index in [2.05, 4.69) is 46.0 Å². The molecule has 2 rings (SSSR count). The number of rotatable bonds is 2. The first-order valence-corrected chi connectivity index (χ1v) is 7.26. The topological polar surface area (TPSA) is 49.5 Å². The monoisotopic (exact) mass is 312 g/mol. The van der Waals surface area contributed by atoms with E-state index in [1.807, 2.05) is 6.92 Å². The van der Waals surface area contributed by atoms with Crippen molar-refractivity contribution in [3.05, 3.63) is 28.2 Å². The maximum Gasteiger partial charge on any atom is 0.0741 e. The lowest BCUT2D eigenvalue weighted by atomic mass is 9.95. The molecule has 1 aliphatic heterocycles. The Morgan fingerprint density at radius 3 is 2.78 bits per heavy atom. The average Bonchev–Trinajstić information content (AvgIpc) is 2.32. The molecule has 1 aromatic rings. The van der Waals surface area contributed by atoms with Crippen LogP contribution in [0.15, 0.2) is 22.7 Å². The highest BCUT2D eigenvalue weighted by Gasteiger charge is 2.24. The number of aliphatic hydroxyl groups excluding tert-OH is 1.